The van der Waals surface area contributed by atoms with Gasteiger partial charge in [0.05, 0.1) is 0 Å². The molecule has 0 aliphatic heterocycles. The molecule has 0 radical (unpaired) electrons. The van der Waals surface area contributed by atoms with Gasteiger partial charge in [-0.25, -0.2) is 9.59 Å². The van der Waals surface area contributed by atoms with Gasteiger partial charge in [-0.05, 0) is 61.1 Å². The van der Waals surface area contributed by atoms with Gasteiger partial charge in [-0.2, -0.15) is 0 Å². The average Bonchev–Trinajstić information content (AvgIpc) is 2.87. The van der Waals surface area contributed by atoms with E-state index in [1.165, 1.54) is 0 Å². The van der Waals surface area contributed by atoms with Crippen LogP contribution in [0.25, 0.3) is 0 Å². The number of aryl methyl sites for hydroxylation is 4. The molecule has 2 aromatic rings. The van der Waals surface area contributed by atoms with Crippen molar-refractivity contribution in [3.63, 3.8) is 0 Å². The van der Waals surface area contributed by atoms with Crippen molar-refractivity contribution >= 4 is 11.9 Å². The highest BCUT2D eigenvalue weighted by Gasteiger charge is 2.11. The lowest BCUT2D eigenvalue weighted by molar-refractivity contribution is -0.142. The van der Waals surface area contributed by atoms with Crippen LogP contribution in [0.1, 0.15) is 22.3 Å². The number of aliphatic hydroxyl groups is 2. The first-order valence-electron chi connectivity index (χ1n) is 11.6. The molecule has 0 bridgehead atoms. The summed E-state index contributed by atoms with van der Waals surface area (Å²) in [6.45, 7) is 10.2. The van der Waals surface area contributed by atoms with E-state index in [-0.39, 0.29) is 26.4 Å². The van der Waals surface area contributed by atoms with Crippen molar-refractivity contribution in [2.45, 2.75) is 38.9 Å². The maximum atomic E-state index is 11.1. The highest BCUT2D eigenvalue weighted by atomic mass is 16.6. The Morgan fingerprint density at radius 2 is 1.14 bits per heavy atom. The number of carbonyl (C=O) groups excluding carboxylic acids is 2. The smallest absolute Gasteiger partial charge is 0.330 e. The molecular formula is C28H34O8. The Morgan fingerprint density at radius 1 is 0.750 bits per heavy atom. The fourth-order valence-corrected chi connectivity index (χ4v) is 3.29. The molecule has 0 saturated carbocycles. The number of rotatable bonds is 15. The van der Waals surface area contributed by atoms with Gasteiger partial charge < -0.3 is 29.2 Å². The molecule has 0 heterocycles. The number of aliphatic hydroxyl groups excluding tert-OH is 2. The van der Waals surface area contributed by atoms with Gasteiger partial charge in [0, 0.05) is 12.2 Å². The minimum Gasteiger partial charge on any atom is -0.490 e. The maximum absolute atomic E-state index is 11.1. The van der Waals surface area contributed by atoms with Crippen molar-refractivity contribution < 1.29 is 38.7 Å². The summed E-state index contributed by atoms with van der Waals surface area (Å²) in [6.07, 6.45) is 1.88. The Hall–Kier alpha value is -3.62. The Bertz CT molecular complexity index is 962. The van der Waals surface area contributed by atoms with Crippen LogP contribution in [0.2, 0.25) is 0 Å². The summed E-state index contributed by atoms with van der Waals surface area (Å²) < 4.78 is 20.9. The highest BCUT2D eigenvalue weighted by molar-refractivity contribution is 5.81. The first-order valence-corrected chi connectivity index (χ1v) is 11.6. The Balaban J connectivity index is 1.82. The molecule has 2 N–H and O–H groups in total. The summed E-state index contributed by atoms with van der Waals surface area (Å²) in [6, 6.07) is 11.8. The van der Waals surface area contributed by atoms with Gasteiger partial charge in [0.15, 0.2) is 0 Å². The van der Waals surface area contributed by atoms with Crippen molar-refractivity contribution in [1.82, 2.24) is 0 Å². The second kappa shape index (κ2) is 14.7. The zero-order valence-electron chi connectivity index (χ0n) is 20.8. The molecule has 8 nitrogen and oxygen atoms in total. The van der Waals surface area contributed by atoms with Gasteiger partial charge in [-0.15, -0.1) is 0 Å². The summed E-state index contributed by atoms with van der Waals surface area (Å²) in [5.41, 5.74) is 4.19. The van der Waals surface area contributed by atoms with E-state index in [9.17, 15) is 19.8 Å². The standard InChI is InChI=1S/C28H34O8/c1-5-27(31)35-17-23(29)15-33-25-11-9-21(13-19(25)3)7-8-22-10-12-26(20(4)14-22)34-16-24(30)18-36-28(32)6-2/h5-6,9-14,23-24,29-30H,1-2,7-8,15-18H2,3-4H3. The van der Waals surface area contributed by atoms with Crippen molar-refractivity contribution in [2.24, 2.45) is 0 Å². The summed E-state index contributed by atoms with van der Waals surface area (Å²) in [5.74, 6) is 0.141. The SMILES string of the molecule is C=CC(=O)OCC(O)COc1ccc(CCc2ccc(OCC(O)COC(=O)C=C)c(C)c2)cc1C. The third kappa shape index (κ3) is 9.93. The number of carbonyl (C=O) groups is 2. The average molecular weight is 499 g/mol. The van der Waals surface area contributed by atoms with E-state index in [0.29, 0.717) is 11.5 Å². The summed E-state index contributed by atoms with van der Waals surface area (Å²) in [4.78, 5) is 22.1. The lowest BCUT2D eigenvalue weighted by atomic mass is 10.0. The molecule has 0 spiro atoms. The molecule has 0 saturated heterocycles. The Labute approximate surface area is 211 Å². The van der Waals surface area contributed by atoms with Crippen LogP contribution in [0.3, 0.4) is 0 Å². The van der Waals surface area contributed by atoms with Crippen LogP contribution in [0.15, 0.2) is 61.7 Å². The van der Waals surface area contributed by atoms with Crippen molar-refractivity contribution in [2.75, 3.05) is 26.4 Å². The summed E-state index contributed by atoms with van der Waals surface area (Å²) in [5, 5.41) is 19.8. The molecule has 2 unspecified atom stereocenters. The number of hydrogen-bond donors (Lipinski definition) is 2. The summed E-state index contributed by atoms with van der Waals surface area (Å²) in [7, 11) is 0. The van der Waals surface area contributed by atoms with E-state index in [1.54, 1.807) is 0 Å². The largest absolute Gasteiger partial charge is 0.490 e. The van der Waals surface area contributed by atoms with Gasteiger partial charge in [0.2, 0.25) is 0 Å². The third-order valence-electron chi connectivity index (χ3n) is 5.21. The fraction of sp³-hybridized carbons (Fsp3) is 0.357. The molecule has 0 amide bonds. The quantitative estimate of drug-likeness (QED) is 0.285. The lowest BCUT2D eigenvalue weighted by Gasteiger charge is -2.15. The fourth-order valence-electron chi connectivity index (χ4n) is 3.29. The van der Waals surface area contributed by atoms with E-state index < -0.39 is 24.1 Å². The van der Waals surface area contributed by atoms with Crippen LogP contribution in [0.5, 0.6) is 11.5 Å². The molecule has 2 atom stereocenters. The zero-order chi connectivity index (χ0) is 26.5. The molecule has 8 heteroatoms. The minimum atomic E-state index is -0.929. The van der Waals surface area contributed by atoms with Crippen LogP contribution in [0.4, 0.5) is 0 Å². The minimum absolute atomic E-state index is 0.00923. The van der Waals surface area contributed by atoms with Crippen LogP contribution < -0.4 is 9.47 Å². The predicted octanol–water partition coefficient (Wildman–Crippen LogP) is 3.03. The summed E-state index contributed by atoms with van der Waals surface area (Å²) >= 11 is 0. The van der Waals surface area contributed by atoms with Gasteiger partial charge in [-0.1, -0.05) is 37.4 Å². The molecular weight excluding hydrogens is 464 g/mol. The van der Waals surface area contributed by atoms with Crippen molar-refractivity contribution in [3.05, 3.63) is 84.0 Å². The second-order valence-electron chi connectivity index (χ2n) is 8.30. The predicted molar refractivity (Wildman–Crippen MR) is 135 cm³/mol. The maximum Gasteiger partial charge on any atom is 0.330 e. The molecule has 0 fully saturated rings. The monoisotopic (exact) mass is 498 g/mol. The van der Waals surface area contributed by atoms with E-state index in [0.717, 1.165) is 47.2 Å². The van der Waals surface area contributed by atoms with Crippen LogP contribution in [-0.2, 0) is 31.9 Å². The van der Waals surface area contributed by atoms with E-state index in [1.807, 2.05) is 50.2 Å². The normalized spacial score (nSPS) is 12.2. The highest BCUT2D eigenvalue weighted by Crippen LogP contribution is 2.23. The molecule has 2 aromatic carbocycles. The van der Waals surface area contributed by atoms with Gasteiger partial charge in [-0.3, -0.25) is 0 Å². The van der Waals surface area contributed by atoms with Crippen LogP contribution >= 0.6 is 0 Å². The Morgan fingerprint density at radius 3 is 1.47 bits per heavy atom. The van der Waals surface area contributed by atoms with Crippen LogP contribution in [-0.4, -0.2) is 60.8 Å². The number of benzene rings is 2. The lowest BCUT2D eigenvalue weighted by Crippen LogP contribution is -2.24. The Kier molecular flexibility index (Phi) is 11.7. The molecule has 2 rings (SSSR count). The third-order valence-corrected chi connectivity index (χ3v) is 5.21. The molecule has 0 aromatic heterocycles. The number of ether oxygens (including phenoxy) is 4. The molecule has 0 aliphatic rings. The van der Waals surface area contributed by atoms with E-state index in [4.69, 9.17) is 18.9 Å². The molecule has 194 valence electrons. The van der Waals surface area contributed by atoms with Crippen LogP contribution in [0, 0.1) is 13.8 Å². The molecule has 36 heavy (non-hydrogen) atoms. The van der Waals surface area contributed by atoms with E-state index in [2.05, 4.69) is 13.2 Å². The van der Waals surface area contributed by atoms with Gasteiger partial charge in [0.1, 0.15) is 50.1 Å². The van der Waals surface area contributed by atoms with E-state index >= 15 is 0 Å². The van der Waals surface area contributed by atoms with Crippen molar-refractivity contribution in [1.29, 1.82) is 0 Å². The number of esters is 2. The first kappa shape index (κ1) is 28.6. The second-order valence-corrected chi connectivity index (χ2v) is 8.30. The zero-order valence-corrected chi connectivity index (χ0v) is 20.8. The van der Waals surface area contributed by atoms with Gasteiger partial charge in [0.25, 0.3) is 0 Å². The topological polar surface area (TPSA) is 112 Å². The number of hydrogen-bond acceptors (Lipinski definition) is 8. The first-order chi connectivity index (χ1) is 17.2. The van der Waals surface area contributed by atoms with Gasteiger partial charge >= 0.3 is 11.9 Å². The molecule has 0 aliphatic carbocycles. The van der Waals surface area contributed by atoms with Crippen molar-refractivity contribution in [3.8, 4) is 11.5 Å².